The zero-order valence-corrected chi connectivity index (χ0v) is 24.0. The van der Waals surface area contributed by atoms with Gasteiger partial charge >= 0.3 is 23.9 Å². The van der Waals surface area contributed by atoms with E-state index in [2.05, 4.69) is 0 Å². The lowest BCUT2D eigenvalue weighted by Gasteiger charge is -2.30. The topological polar surface area (TPSA) is 105 Å². The van der Waals surface area contributed by atoms with Crippen molar-refractivity contribution in [3.05, 3.63) is 12.2 Å². The second-order valence-electron chi connectivity index (χ2n) is 12.2. The van der Waals surface area contributed by atoms with Crippen LogP contribution < -0.4 is 0 Å². The molecule has 0 aromatic rings. The maximum Gasteiger partial charge on any atom is 0.348 e. The number of carbonyl (C=O) groups excluding carboxylic acids is 4. The summed E-state index contributed by atoms with van der Waals surface area (Å²) in [6, 6.07) is 0. The van der Waals surface area contributed by atoms with E-state index < -0.39 is 36.1 Å². The van der Waals surface area contributed by atoms with Crippen LogP contribution in [0.4, 0.5) is 0 Å². The Morgan fingerprint density at radius 3 is 1.07 bits per heavy atom. The lowest BCUT2D eigenvalue weighted by Crippen LogP contribution is -2.39. The molecule has 4 saturated carbocycles. The minimum Gasteiger partial charge on any atom is -0.460 e. The summed E-state index contributed by atoms with van der Waals surface area (Å²) in [7, 11) is 0. The monoisotopic (exact) mass is 560 g/mol. The van der Waals surface area contributed by atoms with E-state index >= 15 is 0 Å². The van der Waals surface area contributed by atoms with E-state index in [-0.39, 0.29) is 24.0 Å². The molecule has 0 aromatic heterocycles. The minimum atomic E-state index is -0.976. The molecule has 4 aliphatic rings. The third-order valence-corrected chi connectivity index (χ3v) is 9.13. The van der Waals surface area contributed by atoms with Gasteiger partial charge in [0.2, 0.25) is 12.2 Å². The zero-order chi connectivity index (χ0) is 28.2. The first-order valence-corrected chi connectivity index (χ1v) is 16.0. The fourth-order valence-corrected chi connectivity index (χ4v) is 6.84. The lowest BCUT2D eigenvalue weighted by molar-refractivity contribution is -0.175. The van der Waals surface area contributed by atoms with Crippen molar-refractivity contribution in [3.63, 3.8) is 0 Å². The summed E-state index contributed by atoms with van der Waals surface area (Å²) in [6.07, 6.45) is 18.9. The fraction of sp³-hybridized carbons (Fsp3) is 0.812. The van der Waals surface area contributed by atoms with Gasteiger partial charge in [0.05, 0.1) is 0 Å². The molecule has 0 bridgehead atoms. The molecular formula is C32H48O8. The first kappa shape index (κ1) is 30.6. The van der Waals surface area contributed by atoms with Gasteiger partial charge < -0.3 is 18.9 Å². The molecule has 0 N–H and O–H groups in total. The third kappa shape index (κ3) is 9.62. The van der Waals surface area contributed by atoms with Crippen LogP contribution in [0.15, 0.2) is 12.2 Å². The van der Waals surface area contributed by atoms with Crippen LogP contribution in [0, 0.1) is 11.8 Å². The van der Waals surface area contributed by atoms with Gasteiger partial charge in [-0.25, -0.2) is 19.2 Å². The molecule has 0 spiro atoms. The molecule has 8 nitrogen and oxygen atoms in total. The molecule has 224 valence electrons. The van der Waals surface area contributed by atoms with Gasteiger partial charge in [0, 0.05) is 24.0 Å². The van der Waals surface area contributed by atoms with Crippen molar-refractivity contribution in [1.82, 2.24) is 0 Å². The van der Waals surface area contributed by atoms with Gasteiger partial charge in [0.1, 0.15) is 12.2 Å². The molecule has 4 rings (SSSR count). The molecule has 0 saturated heterocycles. The van der Waals surface area contributed by atoms with E-state index in [0.717, 1.165) is 141 Å². The molecule has 0 amide bonds. The van der Waals surface area contributed by atoms with Crippen LogP contribution in [0.1, 0.15) is 128 Å². The van der Waals surface area contributed by atoms with Crippen molar-refractivity contribution in [3.8, 4) is 0 Å². The minimum absolute atomic E-state index is 0.0839. The average Bonchev–Trinajstić information content (AvgIpc) is 2.99. The second kappa shape index (κ2) is 16.2. The van der Waals surface area contributed by atoms with E-state index in [1.165, 1.54) is 0 Å². The molecule has 2 unspecified atom stereocenters. The van der Waals surface area contributed by atoms with Crippen molar-refractivity contribution >= 4 is 23.9 Å². The number of rotatable bonds is 10. The van der Waals surface area contributed by atoms with Crippen molar-refractivity contribution in [2.45, 2.75) is 153 Å². The summed E-state index contributed by atoms with van der Waals surface area (Å²) in [4.78, 5) is 51.7. The Bertz CT molecular complexity index is 788. The maximum atomic E-state index is 13.1. The molecule has 0 aromatic carbocycles. The standard InChI is InChI=1S/C32H48O8/c33-27(39-29(23-13-5-1-6-14-23)31(35)37-25-17-9-3-10-18-25)21-22-28(34)40-30(24-15-7-2-8-16-24)32(36)38-26-19-11-4-12-20-26/h21-26,29-30H,1-20H2/b22-21+. The Morgan fingerprint density at radius 2 is 0.750 bits per heavy atom. The highest BCUT2D eigenvalue weighted by molar-refractivity contribution is 5.93. The van der Waals surface area contributed by atoms with Crippen LogP contribution in [-0.2, 0) is 38.1 Å². The highest BCUT2D eigenvalue weighted by Crippen LogP contribution is 2.32. The smallest absolute Gasteiger partial charge is 0.348 e. The van der Waals surface area contributed by atoms with Crippen LogP contribution in [-0.4, -0.2) is 48.3 Å². The molecule has 2 atom stereocenters. The second-order valence-corrected chi connectivity index (χ2v) is 12.2. The van der Waals surface area contributed by atoms with Crippen LogP contribution in [0.3, 0.4) is 0 Å². The van der Waals surface area contributed by atoms with Gasteiger partial charge in [0.25, 0.3) is 0 Å². The van der Waals surface area contributed by atoms with Gasteiger partial charge in [-0.05, 0) is 77.0 Å². The lowest BCUT2D eigenvalue weighted by atomic mass is 9.85. The molecule has 4 fully saturated rings. The molecule has 0 radical (unpaired) electrons. The van der Waals surface area contributed by atoms with Gasteiger partial charge in [0.15, 0.2) is 0 Å². The maximum absolute atomic E-state index is 13.1. The Morgan fingerprint density at radius 1 is 0.450 bits per heavy atom. The van der Waals surface area contributed by atoms with Crippen molar-refractivity contribution < 1.29 is 38.1 Å². The Balaban J connectivity index is 1.34. The highest BCUT2D eigenvalue weighted by atomic mass is 16.6. The van der Waals surface area contributed by atoms with Gasteiger partial charge in [-0.1, -0.05) is 51.4 Å². The normalized spacial score (nSPS) is 23.7. The Kier molecular flexibility index (Phi) is 12.4. The zero-order valence-electron chi connectivity index (χ0n) is 24.0. The van der Waals surface area contributed by atoms with Crippen LogP contribution >= 0.6 is 0 Å². The summed E-state index contributed by atoms with van der Waals surface area (Å²) >= 11 is 0. The molecular weight excluding hydrogens is 512 g/mol. The third-order valence-electron chi connectivity index (χ3n) is 9.13. The van der Waals surface area contributed by atoms with E-state index in [4.69, 9.17) is 18.9 Å². The summed E-state index contributed by atoms with van der Waals surface area (Å²) in [5.74, 6) is -2.70. The van der Waals surface area contributed by atoms with Gasteiger partial charge in [-0.3, -0.25) is 0 Å². The van der Waals surface area contributed by atoms with Crippen LogP contribution in [0.5, 0.6) is 0 Å². The van der Waals surface area contributed by atoms with Crippen molar-refractivity contribution in [2.24, 2.45) is 11.8 Å². The van der Waals surface area contributed by atoms with Crippen LogP contribution in [0.2, 0.25) is 0 Å². The summed E-state index contributed by atoms with van der Waals surface area (Å²) in [5.41, 5.74) is 0. The van der Waals surface area contributed by atoms with E-state index in [1.54, 1.807) is 0 Å². The van der Waals surface area contributed by atoms with E-state index in [9.17, 15) is 19.2 Å². The average molecular weight is 561 g/mol. The molecule has 0 aliphatic heterocycles. The number of carbonyl (C=O) groups is 4. The van der Waals surface area contributed by atoms with Crippen LogP contribution in [0.25, 0.3) is 0 Å². The predicted molar refractivity (Wildman–Crippen MR) is 148 cm³/mol. The van der Waals surface area contributed by atoms with Gasteiger partial charge in [-0.15, -0.1) is 0 Å². The van der Waals surface area contributed by atoms with E-state index in [0.29, 0.717) is 0 Å². The number of ether oxygens (including phenoxy) is 4. The van der Waals surface area contributed by atoms with Crippen molar-refractivity contribution in [2.75, 3.05) is 0 Å². The summed E-state index contributed by atoms with van der Waals surface area (Å²) in [6.45, 7) is 0. The Labute approximate surface area is 238 Å². The highest BCUT2D eigenvalue weighted by Gasteiger charge is 2.37. The SMILES string of the molecule is O=C(/C=C/C(=O)OC(C(=O)OC1CCCCC1)C1CCCCC1)OC(C(=O)OC1CCCCC1)C1CCCCC1. The summed E-state index contributed by atoms with van der Waals surface area (Å²) < 4.78 is 22.7. The first-order valence-electron chi connectivity index (χ1n) is 16.0. The molecule has 0 heterocycles. The van der Waals surface area contributed by atoms with E-state index in [1.807, 2.05) is 0 Å². The summed E-state index contributed by atoms with van der Waals surface area (Å²) in [5, 5.41) is 0. The van der Waals surface area contributed by atoms with Gasteiger partial charge in [-0.2, -0.15) is 0 Å². The largest absolute Gasteiger partial charge is 0.460 e. The first-order chi connectivity index (χ1) is 19.5. The number of hydrogen-bond acceptors (Lipinski definition) is 8. The number of esters is 4. The Hall–Kier alpha value is -2.38. The predicted octanol–water partition coefficient (Wildman–Crippen LogP) is 6.28. The molecule has 8 heteroatoms. The molecule has 4 aliphatic carbocycles. The number of hydrogen-bond donors (Lipinski definition) is 0. The van der Waals surface area contributed by atoms with Crippen molar-refractivity contribution in [1.29, 1.82) is 0 Å². The molecule has 40 heavy (non-hydrogen) atoms. The quantitative estimate of drug-likeness (QED) is 0.175. The fourth-order valence-electron chi connectivity index (χ4n) is 6.84.